The van der Waals surface area contributed by atoms with E-state index >= 15 is 0 Å². The molecule has 0 unspecified atom stereocenters. The third-order valence-electron chi connectivity index (χ3n) is 4.06. The molecule has 2 aromatic carbocycles. The molecule has 0 bridgehead atoms. The quantitative estimate of drug-likeness (QED) is 0.905. The second-order valence-corrected chi connectivity index (χ2v) is 6.23. The number of carbonyl (C=O) groups excluding carboxylic acids is 1. The van der Waals surface area contributed by atoms with Crippen LogP contribution in [0.3, 0.4) is 0 Å². The van der Waals surface area contributed by atoms with E-state index < -0.39 is 0 Å². The van der Waals surface area contributed by atoms with Crippen molar-refractivity contribution in [3.8, 4) is 22.6 Å². The van der Waals surface area contributed by atoms with Gasteiger partial charge >= 0.3 is 0 Å². The van der Waals surface area contributed by atoms with Crippen molar-refractivity contribution in [2.24, 2.45) is 0 Å². The van der Waals surface area contributed by atoms with Crippen molar-refractivity contribution in [1.82, 2.24) is 4.90 Å². The minimum absolute atomic E-state index is 0.0474. The topological polar surface area (TPSA) is 59.0 Å². The minimum Gasteiger partial charge on any atom is -0.504 e. The highest BCUT2D eigenvalue weighted by atomic mass is 35.5. The summed E-state index contributed by atoms with van der Waals surface area (Å²) in [6, 6.07) is 11.0. The van der Waals surface area contributed by atoms with Gasteiger partial charge in [0.1, 0.15) is 13.2 Å². The van der Waals surface area contributed by atoms with Crippen molar-refractivity contribution in [1.29, 1.82) is 0 Å². The molecule has 3 rings (SSSR count). The van der Waals surface area contributed by atoms with Crippen molar-refractivity contribution in [2.75, 3.05) is 26.4 Å². The zero-order chi connectivity index (χ0) is 17.8. The number of fused-ring (bicyclic) bond motifs is 1. The molecule has 0 aliphatic carbocycles. The van der Waals surface area contributed by atoms with Crippen LogP contribution < -0.4 is 4.74 Å². The van der Waals surface area contributed by atoms with Crippen LogP contribution in [0.4, 0.5) is 0 Å². The number of ether oxygens (including phenoxy) is 2. The molecular weight excluding hydrogens is 342 g/mol. The molecule has 1 aliphatic heterocycles. The zero-order valence-electron chi connectivity index (χ0n) is 14.0. The van der Waals surface area contributed by atoms with Crippen LogP contribution in [0.15, 0.2) is 36.4 Å². The average molecular weight is 362 g/mol. The van der Waals surface area contributed by atoms with Gasteiger partial charge in [0.2, 0.25) is 5.91 Å². The summed E-state index contributed by atoms with van der Waals surface area (Å²) in [5, 5.41) is 11.0. The number of amides is 1. The molecule has 0 saturated carbocycles. The van der Waals surface area contributed by atoms with Crippen LogP contribution in [0.5, 0.6) is 11.5 Å². The summed E-state index contributed by atoms with van der Waals surface area (Å²) in [5.74, 6) is 0.398. The number of aromatic hydroxyl groups is 1. The maximum absolute atomic E-state index is 12.3. The van der Waals surface area contributed by atoms with E-state index in [-0.39, 0.29) is 18.3 Å². The Morgan fingerprint density at radius 3 is 2.92 bits per heavy atom. The average Bonchev–Trinajstić information content (AvgIpc) is 2.82. The second kappa shape index (κ2) is 7.76. The number of nitrogens with zero attached hydrogens (tertiary/aromatic N) is 1. The number of hydrogen-bond acceptors (Lipinski definition) is 4. The van der Waals surface area contributed by atoms with Crippen LogP contribution in [0.1, 0.15) is 12.5 Å². The Labute approximate surface area is 151 Å². The van der Waals surface area contributed by atoms with Gasteiger partial charge in [-0.05, 0) is 42.3 Å². The standard InChI is InChI=1S/C19H20ClNO4/c1-2-24-12-18(23)21-6-7-25-19-15(11-21)8-14(10-17(19)22)13-4-3-5-16(20)9-13/h3-5,8-10,22H,2,6-7,11-12H2,1H3. The maximum atomic E-state index is 12.3. The Kier molecular flexibility index (Phi) is 5.46. The number of hydrogen-bond donors (Lipinski definition) is 1. The highest BCUT2D eigenvalue weighted by Crippen LogP contribution is 2.38. The molecule has 5 nitrogen and oxygen atoms in total. The highest BCUT2D eigenvalue weighted by molar-refractivity contribution is 6.30. The summed E-state index contributed by atoms with van der Waals surface area (Å²) in [6.45, 7) is 3.53. The first kappa shape index (κ1) is 17.6. The normalized spacial score (nSPS) is 13.8. The Bertz CT molecular complexity index is 778. The molecule has 0 spiro atoms. The molecule has 1 heterocycles. The molecule has 1 aliphatic rings. The van der Waals surface area contributed by atoms with Crippen molar-refractivity contribution in [2.45, 2.75) is 13.5 Å². The molecule has 0 atom stereocenters. The Morgan fingerprint density at radius 2 is 2.16 bits per heavy atom. The fourth-order valence-corrected chi connectivity index (χ4v) is 3.02. The van der Waals surface area contributed by atoms with E-state index in [1.807, 2.05) is 31.2 Å². The van der Waals surface area contributed by atoms with Gasteiger partial charge in [-0.2, -0.15) is 0 Å². The summed E-state index contributed by atoms with van der Waals surface area (Å²) in [7, 11) is 0. The molecule has 0 fully saturated rings. The van der Waals surface area contributed by atoms with Gasteiger partial charge in [0.15, 0.2) is 11.5 Å². The number of carbonyl (C=O) groups is 1. The summed E-state index contributed by atoms with van der Waals surface area (Å²) >= 11 is 6.06. The lowest BCUT2D eigenvalue weighted by Crippen LogP contribution is -2.35. The number of benzene rings is 2. The lowest BCUT2D eigenvalue weighted by Gasteiger charge is -2.20. The molecule has 132 valence electrons. The van der Waals surface area contributed by atoms with E-state index in [1.54, 1.807) is 17.0 Å². The van der Waals surface area contributed by atoms with Crippen LogP contribution in [0.2, 0.25) is 5.02 Å². The van der Waals surface area contributed by atoms with Gasteiger partial charge in [-0.1, -0.05) is 23.7 Å². The van der Waals surface area contributed by atoms with Crippen LogP contribution in [0.25, 0.3) is 11.1 Å². The van der Waals surface area contributed by atoms with Crippen molar-refractivity contribution in [3.05, 3.63) is 47.0 Å². The number of phenolic OH excluding ortho intramolecular Hbond substituents is 1. The van der Waals surface area contributed by atoms with Gasteiger partial charge in [0.25, 0.3) is 0 Å². The van der Waals surface area contributed by atoms with Gasteiger partial charge in [-0.15, -0.1) is 0 Å². The first-order valence-electron chi connectivity index (χ1n) is 8.18. The number of halogens is 1. The lowest BCUT2D eigenvalue weighted by atomic mass is 10.0. The Balaban J connectivity index is 1.92. The number of rotatable bonds is 4. The van der Waals surface area contributed by atoms with Crippen LogP contribution in [-0.4, -0.2) is 42.3 Å². The predicted octanol–water partition coefficient (Wildman–Crippen LogP) is 3.47. The summed E-state index contributed by atoms with van der Waals surface area (Å²) in [5.41, 5.74) is 2.47. The zero-order valence-corrected chi connectivity index (χ0v) is 14.8. The molecule has 25 heavy (non-hydrogen) atoms. The molecule has 6 heteroatoms. The van der Waals surface area contributed by atoms with Gasteiger partial charge in [-0.3, -0.25) is 4.79 Å². The van der Waals surface area contributed by atoms with E-state index in [9.17, 15) is 9.90 Å². The monoisotopic (exact) mass is 361 g/mol. The summed E-state index contributed by atoms with van der Waals surface area (Å²) in [4.78, 5) is 14.0. The lowest BCUT2D eigenvalue weighted by molar-refractivity contribution is -0.136. The van der Waals surface area contributed by atoms with Crippen LogP contribution in [0, 0.1) is 0 Å². The molecule has 1 N–H and O–H groups in total. The van der Waals surface area contributed by atoms with Crippen LogP contribution in [-0.2, 0) is 16.1 Å². The fraction of sp³-hybridized carbons (Fsp3) is 0.316. The second-order valence-electron chi connectivity index (χ2n) is 5.79. The predicted molar refractivity (Wildman–Crippen MR) is 96.0 cm³/mol. The molecule has 2 aromatic rings. The third-order valence-corrected chi connectivity index (χ3v) is 4.29. The van der Waals surface area contributed by atoms with Gasteiger partial charge in [0, 0.05) is 23.7 Å². The summed E-state index contributed by atoms with van der Waals surface area (Å²) in [6.07, 6.45) is 0. The maximum Gasteiger partial charge on any atom is 0.248 e. The van der Waals surface area contributed by atoms with E-state index in [0.717, 1.165) is 16.7 Å². The molecule has 0 radical (unpaired) electrons. The first-order chi connectivity index (χ1) is 12.1. The smallest absolute Gasteiger partial charge is 0.248 e. The van der Waals surface area contributed by atoms with Crippen molar-refractivity contribution >= 4 is 17.5 Å². The third kappa shape index (κ3) is 4.06. The number of phenols is 1. The molecule has 1 amide bonds. The molecule has 0 saturated heterocycles. The van der Waals surface area contributed by atoms with E-state index in [4.69, 9.17) is 21.1 Å². The van der Waals surface area contributed by atoms with Gasteiger partial charge < -0.3 is 19.5 Å². The van der Waals surface area contributed by atoms with Gasteiger partial charge in [0.05, 0.1) is 6.54 Å². The van der Waals surface area contributed by atoms with E-state index in [1.165, 1.54) is 0 Å². The van der Waals surface area contributed by atoms with E-state index in [2.05, 4.69) is 0 Å². The largest absolute Gasteiger partial charge is 0.504 e. The van der Waals surface area contributed by atoms with Gasteiger partial charge in [-0.25, -0.2) is 0 Å². The fourth-order valence-electron chi connectivity index (χ4n) is 2.83. The SMILES string of the molecule is CCOCC(=O)N1CCOc2c(O)cc(-c3cccc(Cl)c3)cc2C1. The van der Waals surface area contributed by atoms with Crippen molar-refractivity contribution in [3.63, 3.8) is 0 Å². The highest BCUT2D eigenvalue weighted by Gasteiger charge is 2.22. The Hall–Kier alpha value is -2.24. The van der Waals surface area contributed by atoms with Crippen LogP contribution >= 0.6 is 11.6 Å². The Morgan fingerprint density at radius 1 is 1.32 bits per heavy atom. The summed E-state index contributed by atoms with van der Waals surface area (Å²) < 4.78 is 10.9. The first-order valence-corrected chi connectivity index (χ1v) is 8.56. The minimum atomic E-state index is -0.0917. The molecule has 0 aromatic heterocycles. The molecular formula is C19H20ClNO4. The van der Waals surface area contributed by atoms with E-state index in [0.29, 0.717) is 37.1 Å². The van der Waals surface area contributed by atoms with Crippen molar-refractivity contribution < 1.29 is 19.4 Å².